The molecule has 0 aromatic heterocycles. The summed E-state index contributed by atoms with van der Waals surface area (Å²) < 4.78 is 15.5. The van der Waals surface area contributed by atoms with Crippen molar-refractivity contribution >= 4 is 12.3 Å². The summed E-state index contributed by atoms with van der Waals surface area (Å²) in [6.07, 6.45) is 9.25. The Kier molecular flexibility index (Phi) is 6.18. The van der Waals surface area contributed by atoms with Crippen LogP contribution < -0.4 is 0 Å². The highest BCUT2D eigenvalue weighted by Crippen LogP contribution is 2.31. The molecule has 0 N–H and O–H groups in total. The van der Waals surface area contributed by atoms with Crippen LogP contribution in [0.15, 0.2) is 0 Å². The van der Waals surface area contributed by atoms with Gasteiger partial charge in [-0.15, -0.1) is 0 Å². The molecule has 0 bridgehead atoms. The van der Waals surface area contributed by atoms with Crippen molar-refractivity contribution in [2.24, 2.45) is 5.92 Å². The van der Waals surface area contributed by atoms with Crippen LogP contribution in [0.2, 0.25) is 0 Å². The number of rotatable bonds is 7. The summed E-state index contributed by atoms with van der Waals surface area (Å²) in [6.45, 7) is 3.64. The van der Waals surface area contributed by atoms with Crippen molar-refractivity contribution < 1.29 is 23.8 Å². The van der Waals surface area contributed by atoms with Crippen molar-refractivity contribution in [1.29, 1.82) is 0 Å². The highest BCUT2D eigenvalue weighted by Gasteiger charge is 2.47. The van der Waals surface area contributed by atoms with E-state index in [1.54, 1.807) is 0 Å². The minimum absolute atomic E-state index is 0.121. The predicted octanol–water partition coefficient (Wildman–Crippen LogP) is 2.77. The van der Waals surface area contributed by atoms with Gasteiger partial charge in [-0.25, -0.2) is 4.79 Å². The predicted molar refractivity (Wildman–Crippen MR) is 76.1 cm³/mol. The van der Waals surface area contributed by atoms with Gasteiger partial charge in [0.05, 0.1) is 6.61 Å². The number of hydrogen-bond acceptors (Lipinski definition) is 5. The number of esters is 1. The number of aldehydes is 1. The van der Waals surface area contributed by atoms with Crippen molar-refractivity contribution in [2.45, 2.75) is 70.2 Å². The van der Waals surface area contributed by atoms with E-state index in [-0.39, 0.29) is 12.7 Å². The molecule has 21 heavy (non-hydrogen) atoms. The lowest BCUT2D eigenvalue weighted by Gasteiger charge is -2.30. The molecule has 0 amide bonds. The SMILES string of the molecule is CCCCC[C@H]1CC[C@H](OC(=O)C2(C=O)O[CH]CO2)CC1. The van der Waals surface area contributed by atoms with E-state index in [2.05, 4.69) is 6.92 Å². The van der Waals surface area contributed by atoms with E-state index in [4.69, 9.17) is 14.2 Å². The van der Waals surface area contributed by atoms with Crippen LogP contribution in [0.3, 0.4) is 0 Å². The van der Waals surface area contributed by atoms with E-state index in [0.717, 1.165) is 31.6 Å². The minimum Gasteiger partial charge on any atom is -0.458 e. The Morgan fingerprint density at radius 2 is 2.10 bits per heavy atom. The van der Waals surface area contributed by atoms with Gasteiger partial charge in [0.2, 0.25) is 0 Å². The van der Waals surface area contributed by atoms with Gasteiger partial charge in [0.1, 0.15) is 12.7 Å². The smallest absolute Gasteiger partial charge is 0.375 e. The third kappa shape index (κ3) is 4.27. The number of ether oxygens (including phenoxy) is 3. The van der Waals surface area contributed by atoms with Crippen molar-refractivity contribution in [3.05, 3.63) is 6.61 Å². The van der Waals surface area contributed by atoms with Crippen LogP contribution in [-0.4, -0.2) is 30.8 Å². The van der Waals surface area contributed by atoms with Gasteiger partial charge in [-0.2, -0.15) is 0 Å². The molecular formula is C16H25O5. The molecule has 119 valence electrons. The van der Waals surface area contributed by atoms with Gasteiger partial charge in [-0.3, -0.25) is 4.79 Å². The van der Waals surface area contributed by atoms with Crippen LogP contribution >= 0.6 is 0 Å². The molecule has 1 atom stereocenters. The third-order valence-electron chi connectivity index (χ3n) is 4.35. The fraction of sp³-hybridized carbons (Fsp3) is 0.812. The summed E-state index contributed by atoms with van der Waals surface area (Å²) >= 11 is 0. The zero-order valence-corrected chi connectivity index (χ0v) is 12.7. The zero-order chi connectivity index (χ0) is 15.1. The first-order valence-corrected chi connectivity index (χ1v) is 8.01. The second-order valence-electron chi connectivity index (χ2n) is 5.92. The normalized spacial score (nSPS) is 28.2. The van der Waals surface area contributed by atoms with Crippen LogP contribution in [0.5, 0.6) is 0 Å². The van der Waals surface area contributed by atoms with Crippen LogP contribution in [-0.2, 0) is 23.8 Å². The lowest BCUT2D eigenvalue weighted by Crippen LogP contribution is -2.44. The van der Waals surface area contributed by atoms with Crippen LogP contribution in [0.4, 0.5) is 0 Å². The molecule has 1 heterocycles. The Bertz CT molecular complexity index is 341. The first-order chi connectivity index (χ1) is 10.2. The van der Waals surface area contributed by atoms with Crippen molar-refractivity contribution in [3.8, 4) is 0 Å². The number of carbonyl (C=O) groups excluding carboxylic acids is 2. The van der Waals surface area contributed by atoms with Gasteiger partial charge in [0, 0.05) is 0 Å². The number of unbranched alkanes of at least 4 members (excludes halogenated alkanes) is 2. The molecule has 1 aliphatic carbocycles. The Morgan fingerprint density at radius 3 is 2.67 bits per heavy atom. The van der Waals surface area contributed by atoms with E-state index in [0.29, 0.717) is 6.29 Å². The second kappa shape index (κ2) is 7.90. The second-order valence-corrected chi connectivity index (χ2v) is 5.92. The molecule has 0 aromatic carbocycles. The highest BCUT2D eigenvalue weighted by atomic mass is 16.8. The molecule has 5 heteroatoms. The molecule has 1 radical (unpaired) electrons. The van der Waals surface area contributed by atoms with E-state index in [1.165, 1.54) is 32.3 Å². The molecule has 2 aliphatic rings. The largest absolute Gasteiger partial charge is 0.458 e. The van der Waals surface area contributed by atoms with Crippen molar-refractivity contribution in [2.75, 3.05) is 6.61 Å². The van der Waals surface area contributed by atoms with Gasteiger partial charge in [-0.05, 0) is 31.6 Å². The first-order valence-electron chi connectivity index (χ1n) is 8.01. The molecule has 1 saturated heterocycles. The minimum atomic E-state index is -1.86. The molecular weight excluding hydrogens is 272 g/mol. The van der Waals surface area contributed by atoms with E-state index in [1.807, 2.05) is 0 Å². The summed E-state index contributed by atoms with van der Waals surface area (Å²) in [5, 5.41) is 0. The van der Waals surface area contributed by atoms with Crippen molar-refractivity contribution in [3.63, 3.8) is 0 Å². The van der Waals surface area contributed by atoms with E-state index < -0.39 is 11.8 Å². The first kappa shape index (κ1) is 16.4. The van der Waals surface area contributed by atoms with Gasteiger partial charge in [-0.1, -0.05) is 32.6 Å². The van der Waals surface area contributed by atoms with Gasteiger partial charge >= 0.3 is 11.8 Å². The highest BCUT2D eigenvalue weighted by molar-refractivity contribution is 5.95. The van der Waals surface area contributed by atoms with Gasteiger partial charge in [0.15, 0.2) is 6.29 Å². The molecule has 1 unspecified atom stereocenters. The fourth-order valence-corrected chi connectivity index (χ4v) is 3.02. The Labute approximate surface area is 126 Å². The maximum absolute atomic E-state index is 12.0. The lowest BCUT2D eigenvalue weighted by molar-refractivity contribution is -0.204. The molecule has 5 nitrogen and oxygen atoms in total. The number of hydrogen-bond donors (Lipinski definition) is 0. The monoisotopic (exact) mass is 297 g/mol. The number of carbonyl (C=O) groups is 2. The Hall–Kier alpha value is -0.940. The van der Waals surface area contributed by atoms with Crippen molar-refractivity contribution in [1.82, 2.24) is 0 Å². The Morgan fingerprint density at radius 1 is 1.33 bits per heavy atom. The van der Waals surface area contributed by atoms with E-state index in [9.17, 15) is 9.59 Å². The quantitative estimate of drug-likeness (QED) is 0.313. The molecule has 2 fully saturated rings. The third-order valence-corrected chi connectivity index (χ3v) is 4.35. The summed E-state index contributed by atoms with van der Waals surface area (Å²) in [6, 6.07) is 0. The molecule has 1 saturated carbocycles. The molecule has 2 rings (SSSR count). The summed E-state index contributed by atoms with van der Waals surface area (Å²) in [7, 11) is 0. The summed E-state index contributed by atoms with van der Waals surface area (Å²) in [5.41, 5.74) is 0. The van der Waals surface area contributed by atoms with Crippen LogP contribution in [0.1, 0.15) is 58.3 Å². The van der Waals surface area contributed by atoms with Gasteiger partial charge < -0.3 is 14.2 Å². The summed E-state index contributed by atoms with van der Waals surface area (Å²) in [5.74, 6) is -1.84. The van der Waals surface area contributed by atoms with E-state index >= 15 is 0 Å². The van der Waals surface area contributed by atoms with Gasteiger partial charge in [0.25, 0.3) is 0 Å². The average molecular weight is 297 g/mol. The maximum atomic E-state index is 12.0. The summed E-state index contributed by atoms with van der Waals surface area (Å²) in [4.78, 5) is 23.1. The molecule has 0 spiro atoms. The Balaban J connectivity index is 1.73. The molecule has 0 aromatic rings. The maximum Gasteiger partial charge on any atom is 0.375 e. The topological polar surface area (TPSA) is 61.8 Å². The van der Waals surface area contributed by atoms with Crippen LogP contribution in [0, 0.1) is 12.5 Å². The average Bonchev–Trinajstić information content (AvgIpc) is 2.99. The lowest BCUT2D eigenvalue weighted by atomic mass is 9.84. The fourth-order valence-electron chi connectivity index (χ4n) is 3.02. The van der Waals surface area contributed by atoms with Crippen LogP contribution in [0.25, 0.3) is 0 Å². The standard InChI is InChI=1S/C16H25O5/c1-2-3-4-5-13-6-8-14(9-7-13)21-15(18)16(12-17)19-10-11-20-16/h10,12-14H,2-9,11H2,1H3/t13-,14-,16?. The molecule has 1 aliphatic heterocycles. The zero-order valence-electron chi connectivity index (χ0n) is 12.7.